The second-order valence-corrected chi connectivity index (χ2v) is 9.81. The SMILES string of the molecule is CSc1c(-c2ccc(Cl)cc2)c(-c2ccccc2)nn1CC1CCC(COCC(=O)O)CC1. The van der Waals surface area contributed by atoms with Gasteiger partial charge in [-0.2, -0.15) is 5.10 Å². The Balaban J connectivity index is 1.55. The highest BCUT2D eigenvalue weighted by Gasteiger charge is 2.25. The average Bonchev–Trinajstić information content (AvgIpc) is 3.19. The van der Waals surface area contributed by atoms with Gasteiger partial charge >= 0.3 is 5.97 Å². The number of carbonyl (C=O) groups is 1. The summed E-state index contributed by atoms with van der Waals surface area (Å²) < 4.78 is 7.50. The van der Waals surface area contributed by atoms with Gasteiger partial charge in [0.2, 0.25) is 0 Å². The first-order valence-corrected chi connectivity index (χ1v) is 12.9. The number of aliphatic carboxylic acids is 1. The molecule has 33 heavy (non-hydrogen) atoms. The Morgan fingerprint density at radius 2 is 1.73 bits per heavy atom. The standard InChI is InChI=1S/C26H29ClN2O3S/c1-33-26-24(20-11-13-22(27)14-12-20)25(21-5-3-2-4-6-21)28-29(26)15-18-7-9-19(10-8-18)16-32-17-23(30)31/h2-6,11-14,18-19H,7-10,15-17H2,1H3,(H,30,31). The number of hydrogen-bond acceptors (Lipinski definition) is 4. The van der Waals surface area contributed by atoms with Crippen molar-refractivity contribution in [3.63, 3.8) is 0 Å². The van der Waals surface area contributed by atoms with E-state index in [1.165, 1.54) is 5.03 Å². The molecule has 0 amide bonds. The molecular formula is C26H29ClN2O3S. The molecule has 1 aromatic heterocycles. The number of carboxylic acid groups (broad SMARTS) is 1. The molecule has 1 N–H and O–H groups in total. The highest BCUT2D eigenvalue weighted by Crippen LogP contribution is 2.40. The summed E-state index contributed by atoms with van der Waals surface area (Å²) in [5, 5.41) is 15.8. The normalized spacial score (nSPS) is 18.4. The number of halogens is 1. The first-order valence-electron chi connectivity index (χ1n) is 11.3. The minimum Gasteiger partial charge on any atom is -0.480 e. The third-order valence-corrected chi connectivity index (χ3v) is 7.31. The Labute approximate surface area is 204 Å². The van der Waals surface area contributed by atoms with E-state index < -0.39 is 5.97 Å². The quantitative estimate of drug-likeness (QED) is 0.351. The second-order valence-electron chi connectivity index (χ2n) is 8.58. The molecule has 3 aromatic rings. The van der Waals surface area contributed by atoms with Crippen LogP contribution in [0.2, 0.25) is 5.02 Å². The molecule has 174 valence electrons. The Bertz CT molecular complexity index is 1060. The predicted octanol–water partition coefficient (Wildman–Crippen LogP) is 6.50. The van der Waals surface area contributed by atoms with Gasteiger partial charge in [0.1, 0.15) is 17.3 Å². The van der Waals surface area contributed by atoms with E-state index in [9.17, 15) is 4.79 Å². The van der Waals surface area contributed by atoms with Crippen molar-refractivity contribution in [3.05, 3.63) is 59.6 Å². The molecule has 4 rings (SSSR count). The van der Waals surface area contributed by atoms with Crippen molar-refractivity contribution >= 4 is 29.3 Å². The molecule has 7 heteroatoms. The van der Waals surface area contributed by atoms with Gasteiger partial charge in [-0.25, -0.2) is 4.79 Å². The summed E-state index contributed by atoms with van der Waals surface area (Å²) in [5.41, 5.74) is 4.38. The molecule has 0 radical (unpaired) electrons. The van der Waals surface area contributed by atoms with Crippen LogP contribution in [0.4, 0.5) is 0 Å². The Kier molecular flexibility index (Phi) is 8.12. The van der Waals surface area contributed by atoms with E-state index in [0.29, 0.717) is 18.4 Å². The van der Waals surface area contributed by atoms with Gasteiger partial charge in [0.15, 0.2) is 0 Å². The number of aromatic nitrogens is 2. The maximum atomic E-state index is 10.7. The lowest BCUT2D eigenvalue weighted by molar-refractivity contribution is -0.142. The van der Waals surface area contributed by atoms with Crippen LogP contribution < -0.4 is 0 Å². The van der Waals surface area contributed by atoms with Crippen LogP contribution in [0.1, 0.15) is 25.7 Å². The minimum absolute atomic E-state index is 0.208. The fraction of sp³-hybridized carbons (Fsp3) is 0.385. The number of nitrogens with zero attached hydrogens (tertiary/aromatic N) is 2. The van der Waals surface area contributed by atoms with Crippen LogP contribution in [0, 0.1) is 11.8 Å². The van der Waals surface area contributed by atoms with Crippen LogP contribution in [0.15, 0.2) is 59.6 Å². The summed E-state index contributed by atoms with van der Waals surface area (Å²) in [6, 6.07) is 18.3. The Morgan fingerprint density at radius 1 is 1.06 bits per heavy atom. The third kappa shape index (κ3) is 5.99. The molecule has 1 aliphatic carbocycles. The fourth-order valence-electron chi connectivity index (χ4n) is 4.59. The first-order chi connectivity index (χ1) is 16.0. The molecule has 0 atom stereocenters. The molecule has 0 spiro atoms. The lowest BCUT2D eigenvalue weighted by atomic mass is 9.82. The summed E-state index contributed by atoms with van der Waals surface area (Å²) in [6.45, 7) is 1.21. The van der Waals surface area contributed by atoms with Gasteiger partial charge in [-0.3, -0.25) is 4.68 Å². The van der Waals surface area contributed by atoms with Crippen LogP contribution >= 0.6 is 23.4 Å². The lowest BCUT2D eigenvalue weighted by Crippen LogP contribution is -2.23. The zero-order valence-corrected chi connectivity index (χ0v) is 20.3. The van der Waals surface area contributed by atoms with Gasteiger partial charge in [-0.1, -0.05) is 54.1 Å². The number of rotatable bonds is 9. The van der Waals surface area contributed by atoms with Crippen molar-refractivity contribution in [1.29, 1.82) is 0 Å². The van der Waals surface area contributed by atoms with Gasteiger partial charge in [0.05, 0.1) is 6.61 Å². The van der Waals surface area contributed by atoms with Gasteiger partial charge < -0.3 is 9.84 Å². The maximum absolute atomic E-state index is 10.7. The highest BCUT2D eigenvalue weighted by atomic mass is 35.5. The van der Waals surface area contributed by atoms with Crippen molar-refractivity contribution in [2.45, 2.75) is 37.3 Å². The summed E-state index contributed by atoms with van der Waals surface area (Å²) in [7, 11) is 0. The molecule has 0 unspecified atom stereocenters. The smallest absolute Gasteiger partial charge is 0.329 e. The lowest BCUT2D eigenvalue weighted by Gasteiger charge is -2.28. The number of benzene rings is 2. The van der Waals surface area contributed by atoms with Gasteiger partial charge in [-0.15, -0.1) is 11.8 Å². The van der Waals surface area contributed by atoms with Crippen molar-refractivity contribution in [1.82, 2.24) is 9.78 Å². The Hall–Kier alpha value is -2.28. The third-order valence-electron chi connectivity index (χ3n) is 6.26. The maximum Gasteiger partial charge on any atom is 0.329 e. The molecule has 5 nitrogen and oxygen atoms in total. The van der Waals surface area contributed by atoms with Crippen LogP contribution in [-0.4, -0.2) is 40.3 Å². The van der Waals surface area contributed by atoms with E-state index in [4.69, 9.17) is 26.5 Å². The molecule has 2 aromatic carbocycles. The van der Waals surface area contributed by atoms with Gasteiger partial charge in [0, 0.05) is 22.7 Å². The molecule has 1 fully saturated rings. The molecule has 1 aliphatic rings. The molecule has 0 bridgehead atoms. The first kappa shape index (κ1) is 23.9. The van der Waals surface area contributed by atoms with E-state index in [1.807, 2.05) is 30.3 Å². The topological polar surface area (TPSA) is 64.4 Å². The van der Waals surface area contributed by atoms with Crippen LogP contribution in [0.25, 0.3) is 22.4 Å². The van der Waals surface area contributed by atoms with Crippen LogP contribution in [0.3, 0.4) is 0 Å². The van der Waals surface area contributed by atoms with E-state index in [1.54, 1.807) is 11.8 Å². The van der Waals surface area contributed by atoms with Crippen molar-refractivity contribution < 1.29 is 14.6 Å². The zero-order valence-electron chi connectivity index (χ0n) is 18.7. The number of carboxylic acids is 1. The van der Waals surface area contributed by atoms with Crippen LogP contribution in [-0.2, 0) is 16.1 Å². The zero-order chi connectivity index (χ0) is 23.2. The van der Waals surface area contributed by atoms with Crippen molar-refractivity contribution in [2.24, 2.45) is 11.8 Å². The van der Waals surface area contributed by atoms with Gasteiger partial charge in [0.25, 0.3) is 0 Å². The molecule has 0 saturated heterocycles. The van der Waals surface area contributed by atoms with E-state index >= 15 is 0 Å². The summed E-state index contributed by atoms with van der Waals surface area (Å²) in [5.74, 6) is 0.0913. The van der Waals surface area contributed by atoms with E-state index in [2.05, 4.69) is 35.2 Å². The van der Waals surface area contributed by atoms with Crippen LogP contribution in [0.5, 0.6) is 0 Å². The van der Waals surface area contributed by atoms with E-state index in [0.717, 1.165) is 59.6 Å². The van der Waals surface area contributed by atoms with Crippen molar-refractivity contribution in [2.75, 3.05) is 19.5 Å². The largest absolute Gasteiger partial charge is 0.480 e. The fourth-order valence-corrected chi connectivity index (χ4v) is 5.46. The predicted molar refractivity (Wildman–Crippen MR) is 134 cm³/mol. The van der Waals surface area contributed by atoms with Crippen molar-refractivity contribution in [3.8, 4) is 22.4 Å². The highest BCUT2D eigenvalue weighted by molar-refractivity contribution is 7.98. The monoisotopic (exact) mass is 484 g/mol. The van der Waals surface area contributed by atoms with E-state index in [-0.39, 0.29) is 6.61 Å². The summed E-state index contributed by atoms with van der Waals surface area (Å²) in [4.78, 5) is 10.7. The molecule has 1 saturated carbocycles. The Morgan fingerprint density at radius 3 is 2.36 bits per heavy atom. The molecule has 0 aliphatic heterocycles. The molecule has 1 heterocycles. The summed E-state index contributed by atoms with van der Waals surface area (Å²) >= 11 is 7.89. The summed E-state index contributed by atoms with van der Waals surface area (Å²) in [6.07, 6.45) is 6.45. The minimum atomic E-state index is -0.905. The average molecular weight is 485 g/mol. The molecular weight excluding hydrogens is 456 g/mol. The number of thioether (sulfide) groups is 1. The van der Waals surface area contributed by atoms with Gasteiger partial charge in [-0.05, 0) is 61.5 Å². The number of ether oxygens (including phenoxy) is 1. The second kappa shape index (κ2) is 11.2. The number of hydrogen-bond donors (Lipinski definition) is 1.